The van der Waals surface area contributed by atoms with E-state index in [-0.39, 0.29) is 0 Å². The molecule has 2 N–H and O–H groups in total. The number of nitrogens with one attached hydrogen (secondary N) is 2. The van der Waals surface area contributed by atoms with E-state index >= 15 is 0 Å². The zero-order chi connectivity index (χ0) is 13.4. The van der Waals surface area contributed by atoms with Crippen molar-refractivity contribution < 1.29 is 4.74 Å². The summed E-state index contributed by atoms with van der Waals surface area (Å²) in [5.74, 6) is 0.821. The van der Waals surface area contributed by atoms with Crippen LogP contribution in [0.25, 0.3) is 10.9 Å². The number of piperidine rings is 1. The molecule has 0 aliphatic carbocycles. The number of hydrogen-bond donors (Lipinski definition) is 2. The molecule has 3 rings (SSSR count). The number of methoxy groups -OCH3 is 1. The van der Waals surface area contributed by atoms with Crippen LogP contribution in [0.1, 0.15) is 31.0 Å². The highest BCUT2D eigenvalue weighted by molar-refractivity contribution is 9.10. The Bertz CT molecular complexity index is 605. The number of benzene rings is 1. The molecule has 1 aromatic heterocycles. The maximum Gasteiger partial charge on any atom is 0.143 e. The van der Waals surface area contributed by atoms with Crippen LogP contribution in [-0.4, -0.2) is 18.6 Å². The van der Waals surface area contributed by atoms with Crippen molar-refractivity contribution in [2.24, 2.45) is 0 Å². The predicted octanol–water partition coefficient (Wildman–Crippen LogP) is 4.41. The summed E-state index contributed by atoms with van der Waals surface area (Å²) in [4.78, 5) is 3.48. The molecule has 0 radical (unpaired) electrons. The normalized spacial score (nSPS) is 19.8. The van der Waals surface area contributed by atoms with Gasteiger partial charge in [0.25, 0.3) is 0 Å². The number of H-pyrrole nitrogens is 1. The van der Waals surface area contributed by atoms with Crippen molar-refractivity contribution in [2.75, 3.05) is 13.7 Å². The van der Waals surface area contributed by atoms with E-state index in [1.165, 1.54) is 18.5 Å². The number of hydrogen-bond acceptors (Lipinski definition) is 2. The Morgan fingerprint density at radius 3 is 2.89 bits per heavy atom. The molecule has 1 saturated heterocycles. The highest BCUT2D eigenvalue weighted by Gasteiger charge is 2.23. The van der Waals surface area contributed by atoms with Gasteiger partial charge in [0.1, 0.15) is 5.75 Å². The molecule has 1 fully saturated rings. The first-order chi connectivity index (χ1) is 9.22. The van der Waals surface area contributed by atoms with Crippen molar-refractivity contribution in [1.29, 1.82) is 0 Å². The Balaban J connectivity index is 2.16. The maximum absolute atomic E-state index is 6.32. The van der Waals surface area contributed by atoms with Gasteiger partial charge in [-0.2, -0.15) is 0 Å². The molecule has 3 nitrogen and oxygen atoms in total. The number of halogens is 2. The summed E-state index contributed by atoms with van der Waals surface area (Å²) in [7, 11) is 1.68. The molecule has 1 aromatic carbocycles. The highest BCUT2D eigenvalue weighted by atomic mass is 79.9. The van der Waals surface area contributed by atoms with Gasteiger partial charge in [-0.3, -0.25) is 0 Å². The van der Waals surface area contributed by atoms with Crippen LogP contribution >= 0.6 is 27.5 Å². The predicted molar refractivity (Wildman–Crippen MR) is 82.2 cm³/mol. The average molecular weight is 344 g/mol. The van der Waals surface area contributed by atoms with Gasteiger partial charge >= 0.3 is 0 Å². The standard InChI is InChI=1S/C14H16BrClN2O/c1-19-10-6-5-8(16)11-12(15)13(18-14(10)11)9-4-2-3-7-17-9/h5-6,9,17-18H,2-4,7H2,1H3. The van der Waals surface area contributed by atoms with Crippen LogP contribution < -0.4 is 10.1 Å². The Morgan fingerprint density at radius 1 is 1.37 bits per heavy atom. The molecule has 0 saturated carbocycles. The fraction of sp³-hybridized carbons (Fsp3) is 0.429. The molecule has 1 atom stereocenters. The van der Waals surface area contributed by atoms with Crippen molar-refractivity contribution in [3.63, 3.8) is 0 Å². The van der Waals surface area contributed by atoms with Gasteiger partial charge in [0.05, 0.1) is 17.6 Å². The number of rotatable bonds is 2. The SMILES string of the molecule is COc1ccc(Cl)c2c(Br)c(C3CCCCN3)[nH]c12. The van der Waals surface area contributed by atoms with Crippen LogP contribution in [0, 0.1) is 0 Å². The van der Waals surface area contributed by atoms with Crippen molar-refractivity contribution in [1.82, 2.24) is 10.3 Å². The van der Waals surface area contributed by atoms with E-state index in [0.29, 0.717) is 6.04 Å². The van der Waals surface area contributed by atoms with Crippen LogP contribution in [0.3, 0.4) is 0 Å². The molecule has 2 heterocycles. The minimum absolute atomic E-state index is 0.358. The van der Waals surface area contributed by atoms with E-state index in [0.717, 1.165) is 39.1 Å². The topological polar surface area (TPSA) is 37.0 Å². The summed E-state index contributed by atoms with van der Waals surface area (Å²) >= 11 is 10.0. The molecule has 2 aromatic rings. The minimum Gasteiger partial charge on any atom is -0.495 e. The Kier molecular flexibility index (Phi) is 3.74. The van der Waals surface area contributed by atoms with Crippen molar-refractivity contribution in [2.45, 2.75) is 25.3 Å². The number of ether oxygens (including phenoxy) is 1. The smallest absolute Gasteiger partial charge is 0.143 e. The molecule has 19 heavy (non-hydrogen) atoms. The zero-order valence-corrected chi connectivity index (χ0v) is 13.1. The van der Waals surface area contributed by atoms with E-state index < -0.39 is 0 Å². The van der Waals surface area contributed by atoms with Crippen molar-refractivity contribution in [3.05, 3.63) is 27.3 Å². The summed E-state index contributed by atoms with van der Waals surface area (Å²) in [6.45, 7) is 1.07. The van der Waals surface area contributed by atoms with Gasteiger partial charge in [-0.25, -0.2) is 0 Å². The minimum atomic E-state index is 0.358. The quantitative estimate of drug-likeness (QED) is 0.847. The summed E-state index contributed by atoms with van der Waals surface area (Å²) in [6.07, 6.45) is 3.65. The number of aromatic amines is 1. The molecule has 1 aliphatic rings. The second kappa shape index (κ2) is 5.35. The van der Waals surface area contributed by atoms with Crippen molar-refractivity contribution in [3.8, 4) is 5.75 Å². The van der Waals surface area contributed by atoms with Gasteiger partial charge < -0.3 is 15.0 Å². The van der Waals surface area contributed by atoms with Crippen LogP contribution in [-0.2, 0) is 0 Å². The summed E-state index contributed by atoms with van der Waals surface area (Å²) in [5.41, 5.74) is 2.13. The molecule has 102 valence electrons. The lowest BCUT2D eigenvalue weighted by Gasteiger charge is -2.23. The second-order valence-electron chi connectivity index (χ2n) is 4.85. The molecular formula is C14H16BrClN2O. The third-order valence-corrected chi connectivity index (χ3v) is 4.85. The first-order valence-corrected chi connectivity index (χ1v) is 7.66. The zero-order valence-electron chi connectivity index (χ0n) is 10.7. The molecule has 5 heteroatoms. The molecular weight excluding hydrogens is 328 g/mol. The number of aromatic nitrogens is 1. The van der Waals surface area contributed by atoms with Crippen LogP contribution in [0.4, 0.5) is 0 Å². The van der Waals surface area contributed by atoms with Crippen LogP contribution in [0.5, 0.6) is 5.75 Å². The van der Waals surface area contributed by atoms with E-state index in [2.05, 4.69) is 26.2 Å². The highest BCUT2D eigenvalue weighted by Crippen LogP contribution is 2.41. The fourth-order valence-electron chi connectivity index (χ4n) is 2.73. The monoisotopic (exact) mass is 342 g/mol. The molecule has 0 spiro atoms. The fourth-order valence-corrected chi connectivity index (χ4v) is 3.88. The largest absolute Gasteiger partial charge is 0.495 e. The summed E-state index contributed by atoms with van der Waals surface area (Å²) in [5, 5.41) is 5.29. The lowest BCUT2D eigenvalue weighted by atomic mass is 10.0. The Hall–Kier alpha value is -0.710. The van der Waals surface area contributed by atoms with Gasteiger partial charge in [-0.05, 0) is 47.4 Å². The van der Waals surface area contributed by atoms with E-state index in [1.807, 2.05) is 12.1 Å². The van der Waals surface area contributed by atoms with Crippen LogP contribution in [0.15, 0.2) is 16.6 Å². The maximum atomic E-state index is 6.32. The third-order valence-electron chi connectivity index (χ3n) is 3.71. The van der Waals surface area contributed by atoms with Gasteiger partial charge in [0, 0.05) is 21.6 Å². The molecule has 0 bridgehead atoms. The van der Waals surface area contributed by atoms with Gasteiger partial charge in [0.2, 0.25) is 0 Å². The summed E-state index contributed by atoms with van der Waals surface area (Å²) in [6, 6.07) is 4.13. The van der Waals surface area contributed by atoms with E-state index in [1.54, 1.807) is 7.11 Å². The first-order valence-electron chi connectivity index (χ1n) is 6.49. The van der Waals surface area contributed by atoms with Gasteiger partial charge in [0.15, 0.2) is 0 Å². The Morgan fingerprint density at radius 2 is 2.21 bits per heavy atom. The second-order valence-corrected chi connectivity index (χ2v) is 6.05. The van der Waals surface area contributed by atoms with E-state index in [9.17, 15) is 0 Å². The van der Waals surface area contributed by atoms with E-state index in [4.69, 9.17) is 16.3 Å². The van der Waals surface area contributed by atoms with Crippen LogP contribution in [0.2, 0.25) is 5.02 Å². The third kappa shape index (κ3) is 2.26. The molecule has 1 unspecified atom stereocenters. The van der Waals surface area contributed by atoms with Gasteiger partial charge in [-0.1, -0.05) is 18.0 Å². The average Bonchev–Trinajstić information content (AvgIpc) is 2.79. The van der Waals surface area contributed by atoms with Gasteiger partial charge in [-0.15, -0.1) is 0 Å². The molecule has 1 aliphatic heterocycles. The molecule has 0 amide bonds. The summed E-state index contributed by atoms with van der Waals surface area (Å²) < 4.78 is 6.45. The first kappa shape index (κ1) is 13.3. The number of fused-ring (bicyclic) bond motifs is 1. The lowest BCUT2D eigenvalue weighted by molar-refractivity contribution is 0.404. The lowest BCUT2D eigenvalue weighted by Crippen LogP contribution is -2.27. The van der Waals surface area contributed by atoms with Crippen molar-refractivity contribution >= 4 is 38.4 Å². The Labute approximate surface area is 125 Å².